The number of halogens is 2. The van der Waals surface area contributed by atoms with Crippen LogP contribution < -0.4 is 0 Å². The Morgan fingerprint density at radius 2 is 2.26 bits per heavy atom. The molecule has 23 heavy (non-hydrogen) atoms. The number of esters is 1. The number of hydrogen-bond acceptors (Lipinski definition) is 5. The predicted octanol–water partition coefficient (Wildman–Crippen LogP) is 1.87. The fourth-order valence-corrected chi connectivity index (χ4v) is 2.67. The third kappa shape index (κ3) is 4.71. The molecule has 0 aliphatic carbocycles. The first-order valence-electron chi connectivity index (χ1n) is 7.69. The van der Waals surface area contributed by atoms with Gasteiger partial charge in [0, 0.05) is 26.7 Å². The summed E-state index contributed by atoms with van der Waals surface area (Å²) >= 11 is 0. The maximum absolute atomic E-state index is 12.9. The highest BCUT2D eigenvalue weighted by molar-refractivity contribution is 5.90. The fraction of sp³-hybridized carbons (Fsp3) is 0.733. The Morgan fingerprint density at radius 1 is 1.52 bits per heavy atom. The third-order valence-electron chi connectivity index (χ3n) is 3.66. The second kappa shape index (κ2) is 7.83. The maximum atomic E-state index is 12.9. The minimum Gasteiger partial charge on any atom is -0.459 e. The normalized spacial score (nSPS) is 19.5. The molecule has 1 fully saturated rings. The molecule has 6 nitrogen and oxygen atoms in total. The lowest BCUT2D eigenvalue weighted by atomic mass is 10.2. The van der Waals surface area contributed by atoms with E-state index in [4.69, 9.17) is 9.47 Å². The van der Waals surface area contributed by atoms with Crippen LogP contribution in [0.2, 0.25) is 0 Å². The summed E-state index contributed by atoms with van der Waals surface area (Å²) in [5.41, 5.74) is -0.627. The highest BCUT2D eigenvalue weighted by atomic mass is 19.3. The second-order valence-electron chi connectivity index (χ2n) is 6.11. The number of morpholine rings is 1. The molecule has 0 bridgehead atoms. The summed E-state index contributed by atoms with van der Waals surface area (Å²) in [6.45, 7) is 7.36. The molecule has 0 radical (unpaired) electrons. The van der Waals surface area contributed by atoms with Crippen molar-refractivity contribution in [3.63, 3.8) is 0 Å². The van der Waals surface area contributed by atoms with Gasteiger partial charge in [0.1, 0.15) is 24.0 Å². The summed E-state index contributed by atoms with van der Waals surface area (Å²) in [7, 11) is 1.37. The molecule has 1 aliphatic rings. The van der Waals surface area contributed by atoms with Gasteiger partial charge in [-0.1, -0.05) is 13.8 Å². The predicted molar refractivity (Wildman–Crippen MR) is 79.5 cm³/mol. The number of carbonyl (C=O) groups is 1. The number of aromatic nitrogens is 2. The summed E-state index contributed by atoms with van der Waals surface area (Å²) in [4.78, 5) is 14.3. The van der Waals surface area contributed by atoms with Crippen LogP contribution in [0.25, 0.3) is 0 Å². The summed E-state index contributed by atoms with van der Waals surface area (Å²) in [5.74, 6) is -0.252. The Kier molecular flexibility index (Phi) is 6.06. The quantitative estimate of drug-likeness (QED) is 0.745. The topological polar surface area (TPSA) is 56.6 Å². The van der Waals surface area contributed by atoms with E-state index < -0.39 is 18.1 Å². The molecule has 130 valence electrons. The van der Waals surface area contributed by atoms with Gasteiger partial charge >= 0.3 is 5.97 Å². The highest BCUT2D eigenvalue weighted by Gasteiger charge is 2.26. The van der Waals surface area contributed by atoms with Crippen molar-refractivity contribution in [2.75, 3.05) is 32.8 Å². The van der Waals surface area contributed by atoms with Crippen molar-refractivity contribution in [1.29, 1.82) is 0 Å². The Hall–Kier alpha value is -1.54. The first kappa shape index (κ1) is 17.8. The molecule has 0 aromatic carbocycles. The Bertz CT molecular complexity index is 534. The van der Waals surface area contributed by atoms with Gasteiger partial charge in [0.05, 0.1) is 12.8 Å². The van der Waals surface area contributed by atoms with Gasteiger partial charge in [-0.2, -0.15) is 5.10 Å². The van der Waals surface area contributed by atoms with Crippen molar-refractivity contribution in [3.8, 4) is 0 Å². The molecular weight excluding hydrogens is 308 g/mol. The standard InChI is InChI=1S/C15H23F2N3O3/c1-10(2)7-20-4-5-22-11(8-20)9-23-15(21)12-6-18-19(3)13(12)14(16)17/h6,10-11,14H,4-5,7-9H2,1-3H3. The van der Waals surface area contributed by atoms with Crippen molar-refractivity contribution < 1.29 is 23.0 Å². The second-order valence-corrected chi connectivity index (χ2v) is 6.11. The number of alkyl halides is 2. The van der Waals surface area contributed by atoms with Crippen LogP contribution in [0.15, 0.2) is 6.20 Å². The minimum atomic E-state index is -2.78. The molecular formula is C15H23F2N3O3. The average Bonchev–Trinajstić information content (AvgIpc) is 2.86. The highest BCUT2D eigenvalue weighted by Crippen LogP contribution is 2.22. The van der Waals surface area contributed by atoms with Gasteiger partial charge in [-0.15, -0.1) is 0 Å². The van der Waals surface area contributed by atoms with E-state index in [1.807, 2.05) is 0 Å². The zero-order valence-corrected chi connectivity index (χ0v) is 13.7. The third-order valence-corrected chi connectivity index (χ3v) is 3.66. The van der Waals surface area contributed by atoms with Crippen molar-refractivity contribution in [1.82, 2.24) is 14.7 Å². The lowest BCUT2D eigenvalue weighted by Gasteiger charge is -2.33. The molecule has 0 saturated carbocycles. The Balaban J connectivity index is 1.89. The van der Waals surface area contributed by atoms with Gasteiger partial charge in [0.25, 0.3) is 6.43 Å². The molecule has 1 atom stereocenters. The van der Waals surface area contributed by atoms with Crippen molar-refractivity contribution in [2.24, 2.45) is 13.0 Å². The average molecular weight is 331 g/mol. The van der Waals surface area contributed by atoms with Gasteiger partial charge in [0.15, 0.2) is 0 Å². The lowest BCUT2D eigenvalue weighted by molar-refractivity contribution is -0.0613. The van der Waals surface area contributed by atoms with Crippen LogP contribution in [0.4, 0.5) is 8.78 Å². The van der Waals surface area contributed by atoms with Crippen molar-refractivity contribution >= 4 is 5.97 Å². The zero-order chi connectivity index (χ0) is 17.0. The molecule has 1 saturated heterocycles. The summed E-state index contributed by atoms with van der Waals surface area (Å²) in [5, 5.41) is 3.69. The molecule has 0 amide bonds. The maximum Gasteiger partial charge on any atom is 0.341 e. The molecule has 1 aromatic heterocycles. The number of hydrogen-bond donors (Lipinski definition) is 0. The first-order chi connectivity index (χ1) is 10.9. The summed E-state index contributed by atoms with van der Waals surface area (Å²) < 4.78 is 37.6. The molecule has 2 heterocycles. The molecule has 1 aromatic rings. The largest absolute Gasteiger partial charge is 0.459 e. The van der Waals surface area contributed by atoms with E-state index in [2.05, 4.69) is 23.8 Å². The van der Waals surface area contributed by atoms with Gasteiger partial charge in [-0.05, 0) is 5.92 Å². The number of carbonyl (C=O) groups excluding carboxylic acids is 1. The van der Waals surface area contributed by atoms with Crippen LogP contribution in [0.5, 0.6) is 0 Å². The van der Waals surface area contributed by atoms with Crippen LogP contribution in [0.3, 0.4) is 0 Å². The summed E-state index contributed by atoms with van der Waals surface area (Å²) in [6.07, 6.45) is -1.91. The Labute approximate surface area is 134 Å². The van der Waals surface area contributed by atoms with E-state index in [9.17, 15) is 13.6 Å². The molecule has 2 rings (SSSR count). The molecule has 1 unspecified atom stereocenters. The zero-order valence-electron chi connectivity index (χ0n) is 13.7. The van der Waals surface area contributed by atoms with Crippen LogP contribution in [0, 0.1) is 5.92 Å². The van der Waals surface area contributed by atoms with Gasteiger partial charge < -0.3 is 9.47 Å². The van der Waals surface area contributed by atoms with E-state index in [1.165, 1.54) is 7.05 Å². The monoisotopic (exact) mass is 331 g/mol. The minimum absolute atomic E-state index is 0.0466. The molecule has 0 spiro atoms. The summed E-state index contributed by atoms with van der Waals surface area (Å²) in [6, 6.07) is 0. The van der Waals surface area contributed by atoms with Crippen LogP contribution >= 0.6 is 0 Å². The van der Waals surface area contributed by atoms with Crippen molar-refractivity contribution in [3.05, 3.63) is 17.5 Å². The van der Waals surface area contributed by atoms with E-state index in [0.717, 1.165) is 24.0 Å². The fourth-order valence-electron chi connectivity index (χ4n) is 2.67. The number of aryl methyl sites for hydroxylation is 1. The molecule has 0 N–H and O–H groups in total. The van der Waals surface area contributed by atoms with E-state index in [0.29, 0.717) is 19.1 Å². The SMILES string of the molecule is CC(C)CN1CCOC(COC(=O)c2cnn(C)c2C(F)F)C1. The smallest absolute Gasteiger partial charge is 0.341 e. The van der Waals surface area contributed by atoms with Gasteiger partial charge in [-0.25, -0.2) is 13.6 Å². The van der Waals surface area contributed by atoms with Crippen molar-refractivity contribution in [2.45, 2.75) is 26.4 Å². The lowest BCUT2D eigenvalue weighted by Crippen LogP contribution is -2.45. The van der Waals surface area contributed by atoms with Crippen LogP contribution in [0.1, 0.15) is 36.3 Å². The Morgan fingerprint density at radius 3 is 2.91 bits per heavy atom. The van der Waals surface area contributed by atoms with Gasteiger partial charge in [0.2, 0.25) is 0 Å². The number of nitrogens with zero attached hydrogens (tertiary/aromatic N) is 3. The molecule has 8 heteroatoms. The van der Waals surface area contributed by atoms with E-state index in [1.54, 1.807) is 0 Å². The van der Waals surface area contributed by atoms with Crippen LogP contribution in [-0.4, -0.2) is 59.6 Å². The number of rotatable bonds is 6. The van der Waals surface area contributed by atoms with E-state index >= 15 is 0 Å². The van der Waals surface area contributed by atoms with Crippen LogP contribution in [-0.2, 0) is 16.5 Å². The van der Waals surface area contributed by atoms with E-state index in [-0.39, 0.29) is 18.3 Å². The first-order valence-corrected chi connectivity index (χ1v) is 7.69. The van der Waals surface area contributed by atoms with Gasteiger partial charge in [-0.3, -0.25) is 9.58 Å². The molecule has 1 aliphatic heterocycles. The number of ether oxygens (including phenoxy) is 2.